The molecule has 0 aliphatic rings. The van der Waals surface area contributed by atoms with E-state index in [0.717, 1.165) is 10.8 Å². The van der Waals surface area contributed by atoms with Gasteiger partial charge < -0.3 is 24.7 Å². The van der Waals surface area contributed by atoms with E-state index in [9.17, 15) is 10.2 Å². The van der Waals surface area contributed by atoms with Gasteiger partial charge >= 0.3 is 0 Å². The molecule has 0 saturated carbocycles. The van der Waals surface area contributed by atoms with Crippen molar-refractivity contribution >= 4 is 21.7 Å². The Hall–Kier alpha value is -3.08. The highest BCUT2D eigenvalue weighted by molar-refractivity contribution is 6.11. The highest BCUT2D eigenvalue weighted by atomic mass is 16.5. The minimum atomic E-state index is -0.367. The summed E-state index contributed by atoms with van der Waals surface area (Å²) in [7, 11) is 2.91. The Kier molecular flexibility index (Phi) is 3.85. The Bertz CT molecular complexity index is 929. The average Bonchev–Trinajstić information content (AvgIpc) is 2.66. The van der Waals surface area contributed by atoms with E-state index in [1.165, 1.54) is 14.2 Å². The molecular formula is C18H17NO4. The van der Waals surface area contributed by atoms with E-state index in [0.29, 0.717) is 16.7 Å². The molecule has 0 amide bonds. The van der Waals surface area contributed by atoms with Crippen LogP contribution >= 0.6 is 0 Å². The summed E-state index contributed by atoms with van der Waals surface area (Å²) < 4.78 is 10.7. The molecule has 0 spiro atoms. The van der Waals surface area contributed by atoms with Crippen LogP contribution in [0.1, 0.15) is 0 Å². The molecule has 0 unspecified atom stereocenters. The number of benzene rings is 2. The number of fused-ring (bicyclic) bond motifs is 3. The van der Waals surface area contributed by atoms with E-state index in [4.69, 9.17) is 9.47 Å². The van der Waals surface area contributed by atoms with Crippen molar-refractivity contribution in [3.63, 3.8) is 0 Å². The number of aromatic hydroxyl groups is 2. The Balaban J connectivity index is 2.73. The number of hydrogen-bond donors (Lipinski definition) is 3. The number of methoxy groups -OCH3 is 2. The third-order valence-electron chi connectivity index (χ3n) is 3.71. The molecular weight excluding hydrogens is 294 g/mol. The third kappa shape index (κ3) is 2.36. The van der Waals surface area contributed by atoms with E-state index >= 15 is 0 Å². The number of aromatic amines is 1. The molecule has 1 heterocycles. The van der Waals surface area contributed by atoms with E-state index in [1.807, 2.05) is 36.4 Å². The highest BCUT2D eigenvalue weighted by Gasteiger charge is 2.21. The summed E-state index contributed by atoms with van der Waals surface area (Å²) in [5.74, 6) is -0.221. The predicted octanol–water partition coefficient (Wildman–Crippen LogP) is 3.87. The number of H-pyrrole nitrogens is 1. The molecule has 0 radical (unpaired) electrons. The standard InChI is InChI=1S/C18H17NO4/c1-22-17-13-12-9-4-3-7-11(12)8-5-6-10-19-14(13)15(20)16(21)18(17)23-2/h3-10,19-21H,1-2H3. The average molecular weight is 311 g/mol. The maximum atomic E-state index is 10.4. The molecule has 2 aromatic carbocycles. The lowest BCUT2D eigenvalue weighted by Gasteiger charge is -2.14. The van der Waals surface area contributed by atoms with Gasteiger partial charge in [-0.2, -0.15) is 0 Å². The zero-order valence-corrected chi connectivity index (χ0v) is 12.8. The topological polar surface area (TPSA) is 74.7 Å². The van der Waals surface area contributed by atoms with Crippen LogP contribution in [0.4, 0.5) is 0 Å². The van der Waals surface area contributed by atoms with Crippen LogP contribution in [-0.2, 0) is 0 Å². The molecule has 1 aromatic heterocycles. The molecule has 0 saturated heterocycles. The molecule has 0 aliphatic carbocycles. The van der Waals surface area contributed by atoms with Gasteiger partial charge in [-0.1, -0.05) is 36.4 Å². The van der Waals surface area contributed by atoms with Crippen molar-refractivity contribution in [2.45, 2.75) is 0 Å². The molecule has 5 heteroatoms. The number of phenols is 2. The minimum absolute atomic E-state index is 0.0903. The quantitative estimate of drug-likeness (QED) is 0.628. The third-order valence-corrected chi connectivity index (χ3v) is 3.71. The monoisotopic (exact) mass is 311 g/mol. The molecule has 5 nitrogen and oxygen atoms in total. The van der Waals surface area contributed by atoms with Crippen LogP contribution in [-0.4, -0.2) is 29.4 Å². The summed E-state index contributed by atoms with van der Waals surface area (Å²) in [6, 6.07) is 13.4. The predicted molar refractivity (Wildman–Crippen MR) is 89.9 cm³/mol. The molecule has 23 heavy (non-hydrogen) atoms. The first-order valence-corrected chi connectivity index (χ1v) is 7.08. The maximum absolute atomic E-state index is 10.4. The lowest BCUT2D eigenvalue weighted by Crippen LogP contribution is -1.94. The van der Waals surface area contributed by atoms with Crippen LogP contribution in [0.3, 0.4) is 0 Å². The van der Waals surface area contributed by atoms with Crippen molar-refractivity contribution in [3.05, 3.63) is 48.7 Å². The zero-order valence-electron chi connectivity index (χ0n) is 12.8. The fourth-order valence-corrected chi connectivity index (χ4v) is 2.68. The SMILES string of the molecule is COc1c(O)c(O)c2[nH]ccccc3ccccc3c2c1OC. The molecule has 0 aliphatic heterocycles. The Labute approximate surface area is 133 Å². The van der Waals surface area contributed by atoms with E-state index in [-0.39, 0.29) is 17.2 Å². The number of nitrogens with one attached hydrogen (secondary N) is 1. The summed E-state index contributed by atoms with van der Waals surface area (Å²) in [5.41, 5.74) is 0.354. The summed E-state index contributed by atoms with van der Waals surface area (Å²) in [6.45, 7) is 0. The summed E-state index contributed by atoms with van der Waals surface area (Å²) in [5, 5.41) is 23.0. The Morgan fingerprint density at radius 2 is 1.48 bits per heavy atom. The zero-order chi connectivity index (χ0) is 16.4. The summed E-state index contributed by atoms with van der Waals surface area (Å²) in [4.78, 5) is 3.00. The number of hydrogen-bond acceptors (Lipinski definition) is 4. The van der Waals surface area contributed by atoms with Crippen molar-refractivity contribution in [2.24, 2.45) is 0 Å². The largest absolute Gasteiger partial charge is 0.503 e. The Morgan fingerprint density at radius 1 is 0.826 bits per heavy atom. The van der Waals surface area contributed by atoms with Gasteiger partial charge in [-0.3, -0.25) is 0 Å². The first kappa shape index (κ1) is 14.8. The fourth-order valence-electron chi connectivity index (χ4n) is 2.68. The number of ether oxygens (including phenoxy) is 2. The van der Waals surface area contributed by atoms with Gasteiger partial charge in [0.25, 0.3) is 0 Å². The van der Waals surface area contributed by atoms with Crippen LogP contribution < -0.4 is 9.47 Å². The van der Waals surface area contributed by atoms with Gasteiger partial charge in [-0.15, -0.1) is 0 Å². The molecule has 0 atom stereocenters. The van der Waals surface area contributed by atoms with Crippen molar-refractivity contribution in [2.75, 3.05) is 14.2 Å². The molecule has 3 aromatic rings. The normalized spacial score (nSPS) is 10.5. The number of aromatic nitrogens is 1. The summed E-state index contributed by atoms with van der Waals surface area (Å²) >= 11 is 0. The highest BCUT2D eigenvalue weighted by Crippen LogP contribution is 2.50. The van der Waals surface area contributed by atoms with Gasteiger partial charge in [-0.25, -0.2) is 0 Å². The second-order valence-electron chi connectivity index (χ2n) is 4.96. The van der Waals surface area contributed by atoms with Crippen LogP contribution in [0, 0.1) is 0 Å². The second-order valence-corrected chi connectivity index (χ2v) is 4.96. The van der Waals surface area contributed by atoms with Crippen molar-refractivity contribution in [3.8, 4) is 23.0 Å². The van der Waals surface area contributed by atoms with Crippen LogP contribution in [0.5, 0.6) is 23.0 Å². The number of rotatable bonds is 2. The summed E-state index contributed by atoms with van der Waals surface area (Å²) in [6.07, 6.45) is 1.67. The fraction of sp³-hybridized carbons (Fsp3) is 0.111. The van der Waals surface area contributed by atoms with Gasteiger partial charge in [0.15, 0.2) is 11.5 Å². The van der Waals surface area contributed by atoms with Crippen molar-refractivity contribution < 1.29 is 19.7 Å². The van der Waals surface area contributed by atoms with Gasteiger partial charge in [0.1, 0.15) is 0 Å². The Morgan fingerprint density at radius 3 is 2.17 bits per heavy atom. The second kappa shape index (κ2) is 5.96. The molecule has 3 rings (SSSR count). The van der Waals surface area contributed by atoms with Crippen molar-refractivity contribution in [1.82, 2.24) is 4.98 Å². The molecule has 3 N–H and O–H groups in total. The van der Waals surface area contributed by atoms with E-state index in [1.54, 1.807) is 12.3 Å². The number of phenolic OH excluding ortho intramolecular Hbond substituents is 2. The lowest BCUT2D eigenvalue weighted by molar-refractivity contribution is 0.325. The first-order chi connectivity index (χ1) is 11.2. The van der Waals surface area contributed by atoms with Crippen LogP contribution in [0.25, 0.3) is 21.7 Å². The van der Waals surface area contributed by atoms with Gasteiger partial charge in [0.2, 0.25) is 11.5 Å². The first-order valence-electron chi connectivity index (χ1n) is 7.08. The lowest BCUT2D eigenvalue weighted by atomic mass is 10.1. The van der Waals surface area contributed by atoms with Crippen molar-refractivity contribution in [1.29, 1.82) is 0 Å². The van der Waals surface area contributed by atoms with Gasteiger partial charge in [0, 0.05) is 6.20 Å². The molecule has 0 bridgehead atoms. The molecule has 118 valence electrons. The molecule has 0 fully saturated rings. The van der Waals surface area contributed by atoms with Gasteiger partial charge in [-0.05, 0) is 16.8 Å². The maximum Gasteiger partial charge on any atom is 0.207 e. The van der Waals surface area contributed by atoms with Crippen LogP contribution in [0.15, 0.2) is 48.7 Å². The van der Waals surface area contributed by atoms with E-state index in [2.05, 4.69) is 4.98 Å². The van der Waals surface area contributed by atoms with Crippen LogP contribution in [0.2, 0.25) is 0 Å². The minimum Gasteiger partial charge on any atom is -0.503 e. The smallest absolute Gasteiger partial charge is 0.207 e. The van der Waals surface area contributed by atoms with E-state index < -0.39 is 0 Å². The van der Waals surface area contributed by atoms with Gasteiger partial charge in [0.05, 0.1) is 25.1 Å².